The van der Waals surface area contributed by atoms with Gasteiger partial charge in [0.25, 0.3) is 5.91 Å². The van der Waals surface area contributed by atoms with Crippen molar-refractivity contribution in [1.82, 2.24) is 14.5 Å². The SMILES string of the molecule is CN(Cc1ccccc1)S(=O)(=O)c1ccc(Cl)c(C(=O)N[C@H]2CCN(Cc3ccccc3)C2)c1. The molecular formula is C26H28ClN3O3S. The van der Waals surface area contributed by atoms with E-state index in [1.807, 2.05) is 48.5 Å². The Morgan fingerprint density at radius 2 is 1.68 bits per heavy atom. The summed E-state index contributed by atoms with van der Waals surface area (Å²) in [6.45, 7) is 2.67. The molecule has 0 aromatic heterocycles. The van der Waals surface area contributed by atoms with Crippen LogP contribution < -0.4 is 5.32 Å². The number of benzene rings is 3. The van der Waals surface area contributed by atoms with E-state index in [0.29, 0.717) is 0 Å². The molecule has 3 aromatic carbocycles. The fraction of sp³-hybridized carbons (Fsp3) is 0.269. The highest BCUT2D eigenvalue weighted by Gasteiger charge is 2.27. The summed E-state index contributed by atoms with van der Waals surface area (Å²) in [5, 5.41) is 3.25. The number of hydrogen-bond donors (Lipinski definition) is 1. The first-order chi connectivity index (χ1) is 16.3. The van der Waals surface area contributed by atoms with Gasteiger partial charge in [-0.1, -0.05) is 72.3 Å². The highest BCUT2D eigenvalue weighted by atomic mass is 35.5. The Morgan fingerprint density at radius 3 is 2.35 bits per heavy atom. The molecule has 1 heterocycles. The van der Waals surface area contributed by atoms with Crippen molar-refractivity contribution in [2.75, 3.05) is 20.1 Å². The molecule has 0 spiro atoms. The lowest BCUT2D eigenvalue weighted by Crippen LogP contribution is -2.37. The summed E-state index contributed by atoms with van der Waals surface area (Å²) in [7, 11) is -2.27. The quantitative estimate of drug-likeness (QED) is 0.507. The number of sulfonamides is 1. The Balaban J connectivity index is 1.42. The Kier molecular flexibility index (Phi) is 7.68. The van der Waals surface area contributed by atoms with Crippen molar-refractivity contribution in [2.24, 2.45) is 0 Å². The molecule has 1 amide bonds. The molecule has 1 fully saturated rings. The highest BCUT2D eigenvalue weighted by Crippen LogP contribution is 2.24. The molecule has 1 aliphatic heterocycles. The molecular weight excluding hydrogens is 470 g/mol. The molecule has 1 aliphatic rings. The van der Waals surface area contributed by atoms with Gasteiger partial charge in [-0.25, -0.2) is 8.42 Å². The molecule has 0 unspecified atom stereocenters. The minimum Gasteiger partial charge on any atom is -0.348 e. The van der Waals surface area contributed by atoms with E-state index in [1.54, 1.807) is 0 Å². The van der Waals surface area contributed by atoms with Crippen molar-refractivity contribution >= 4 is 27.5 Å². The number of carbonyl (C=O) groups excluding carboxylic acids is 1. The average Bonchev–Trinajstić information content (AvgIpc) is 3.27. The van der Waals surface area contributed by atoms with Crippen molar-refractivity contribution in [1.29, 1.82) is 0 Å². The third-order valence-corrected chi connectivity index (χ3v) is 8.12. The largest absolute Gasteiger partial charge is 0.348 e. The van der Waals surface area contributed by atoms with Crippen LogP contribution in [0.3, 0.4) is 0 Å². The monoisotopic (exact) mass is 497 g/mol. The van der Waals surface area contributed by atoms with Crippen molar-refractivity contribution in [3.8, 4) is 0 Å². The van der Waals surface area contributed by atoms with E-state index in [2.05, 4.69) is 22.3 Å². The minimum atomic E-state index is -3.79. The van der Waals surface area contributed by atoms with Gasteiger partial charge >= 0.3 is 0 Å². The molecule has 1 N–H and O–H groups in total. The molecule has 0 bridgehead atoms. The third-order valence-electron chi connectivity index (χ3n) is 6.00. The van der Waals surface area contributed by atoms with E-state index in [1.165, 1.54) is 35.1 Å². The number of hydrogen-bond acceptors (Lipinski definition) is 4. The Hall–Kier alpha value is -2.71. The smallest absolute Gasteiger partial charge is 0.253 e. The predicted molar refractivity (Wildman–Crippen MR) is 134 cm³/mol. The van der Waals surface area contributed by atoms with E-state index in [9.17, 15) is 13.2 Å². The normalized spacial score (nSPS) is 16.6. The summed E-state index contributed by atoms with van der Waals surface area (Å²) in [6.07, 6.45) is 0.827. The summed E-state index contributed by atoms with van der Waals surface area (Å²) in [4.78, 5) is 15.3. The number of carbonyl (C=O) groups is 1. The molecule has 34 heavy (non-hydrogen) atoms. The number of likely N-dealkylation sites (tertiary alicyclic amines) is 1. The fourth-order valence-electron chi connectivity index (χ4n) is 4.14. The topological polar surface area (TPSA) is 69.7 Å². The first kappa shape index (κ1) is 24.4. The van der Waals surface area contributed by atoms with Gasteiger partial charge in [-0.05, 0) is 35.7 Å². The second kappa shape index (κ2) is 10.7. The number of rotatable bonds is 8. The summed E-state index contributed by atoms with van der Waals surface area (Å²) >= 11 is 6.29. The van der Waals surface area contributed by atoms with Crippen molar-refractivity contribution in [3.05, 3.63) is 101 Å². The van der Waals surface area contributed by atoms with Crippen LogP contribution in [0.15, 0.2) is 83.8 Å². The van der Waals surface area contributed by atoms with Crippen LogP contribution in [0.25, 0.3) is 0 Å². The second-order valence-electron chi connectivity index (χ2n) is 8.57. The van der Waals surface area contributed by atoms with Gasteiger partial charge in [-0.3, -0.25) is 9.69 Å². The fourth-order valence-corrected chi connectivity index (χ4v) is 5.53. The maximum absolute atomic E-state index is 13.1. The molecule has 1 saturated heterocycles. The Labute approximate surface area is 206 Å². The molecule has 3 aromatic rings. The van der Waals surface area contributed by atoms with Crippen LogP contribution in [0.4, 0.5) is 0 Å². The van der Waals surface area contributed by atoms with Crippen LogP contribution in [0.1, 0.15) is 27.9 Å². The summed E-state index contributed by atoms with van der Waals surface area (Å²) in [5.41, 5.74) is 2.27. The first-order valence-corrected chi connectivity index (χ1v) is 13.0. The van der Waals surface area contributed by atoms with Crippen LogP contribution in [0.5, 0.6) is 0 Å². The van der Waals surface area contributed by atoms with Gasteiger partial charge in [0.2, 0.25) is 10.0 Å². The van der Waals surface area contributed by atoms with E-state index in [4.69, 9.17) is 11.6 Å². The second-order valence-corrected chi connectivity index (χ2v) is 11.0. The van der Waals surface area contributed by atoms with Crippen LogP contribution >= 0.6 is 11.6 Å². The first-order valence-electron chi connectivity index (χ1n) is 11.2. The highest BCUT2D eigenvalue weighted by molar-refractivity contribution is 7.89. The third kappa shape index (κ3) is 5.85. The number of halogens is 1. The van der Waals surface area contributed by atoms with Gasteiger partial charge in [-0.2, -0.15) is 4.31 Å². The number of nitrogens with one attached hydrogen (secondary N) is 1. The van der Waals surface area contributed by atoms with Crippen LogP contribution in [0.2, 0.25) is 5.02 Å². The molecule has 0 aliphatic carbocycles. The van der Waals surface area contributed by atoms with Crippen LogP contribution in [-0.2, 0) is 23.1 Å². The zero-order chi connectivity index (χ0) is 24.1. The molecule has 178 valence electrons. The van der Waals surface area contributed by atoms with Crippen molar-refractivity contribution < 1.29 is 13.2 Å². The Morgan fingerprint density at radius 1 is 1.03 bits per heavy atom. The van der Waals surface area contributed by atoms with Gasteiger partial charge in [0.1, 0.15) is 0 Å². The molecule has 0 radical (unpaired) electrons. The zero-order valence-electron chi connectivity index (χ0n) is 19.0. The van der Waals surface area contributed by atoms with E-state index >= 15 is 0 Å². The van der Waals surface area contributed by atoms with Gasteiger partial charge in [0.15, 0.2) is 0 Å². The molecule has 4 rings (SSSR count). The van der Waals surface area contributed by atoms with Crippen molar-refractivity contribution in [3.63, 3.8) is 0 Å². The zero-order valence-corrected chi connectivity index (χ0v) is 20.6. The Bertz CT molecular complexity index is 1240. The summed E-state index contributed by atoms with van der Waals surface area (Å²) < 4.78 is 27.5. The lowest BCUT2D eigenvalue weighted by atomic mass is 10.2. The maximum Gasteiger partial charge on any atom is 0.253 e. The van der Waals surface area contributed by atoms with E-state index in [-0.39, 0.29) is 34.0 Å². The molecule has 0 saturated carbocycles. The van der Waals surface area contributed by atoms with Crippen molar-refractivity contribution in [2.45, 2.75) is 30.4 Å². The van der Waals surface area contributed by atoms with E-state index < -0.39 is 10.0 Å². The van der Waals surface area contributed by atoms with Crippen LogP contribution in [-0.4, -0.2) is 49.7 Å². The lowest BCUT2D eigenvalue weighted by molar-refractivity contribution is 0.0937. The van der Waals surface area contributed by atoms with Gasteiger partial charge in [0, 0.05) is 39.3 Å². The predicted octanol–water partition coefficient (Wildman–Crippen LogP) is 4.17. The summed E-state index contributed by atoms with van der Waals surface area (Å²) in [5.74, 6) is -0.362. The van der Waals surface area contributed by atoms with Gasteiger partial charge < -0.3 is 5.32 Å². The van der Waals surface area contributed by atoms with E-state index in [0.717, 1.165) is 31.6 Å². The average molecular weight is 498 g/mol. The molecule has 1 atom stereocenters. The summed E-state index contributed by atoms with van der Waals surface area (Å²) in [6, 6.07) is 23.8. The lowest BCUT2D eigenvalue weighted by Gasteiger charge is -2.19. The number of nitrogens with zero attached hydrogens (tertiary/aromatic N) is 2. The van der Waals surface area contributed by atoms with Crippen LogP contribution in [0, 0.1) is 0 Å². The molecule has 8 heteroatoms. The maximum atomic E-state index is 13.1. The minimum absolute atomic E-state index is 0.0201. The standard InChI is InChI=1S/C26H28ClN3O3S/c1-29(17-20-8-4-2-5-9-20)34(32,33)23-12-13-25(27)24(16-23)26(31)28-22-14-15-30(19-22)18-21-10-6-3-7-11-21/h2-13,16,22H,14-15,17-19H2,1H3,(H,28,31)/t22-/m0/s1. The molecule has 6 nitrogen and oxygen atoms in total. The number of amides is 1. The van der Waals surface area contributed by atoms with Gasteiger partial charge in [-0.15, -0.1) is 0 Å². The van der Waals surface area contributed by atoms with Gasteiger partial charge in [0.05, 0.1) is 15.5 Å².